The Kier molecular flexibility index (Phi) is 6.96. The van der Waals surface area contributed by atoms with E-state index in [-0.39, 0.29) is 12.0 Å². The first-order valence-corrected chi connectivity index (χ1v) is 13.5. The lowest BCUT2D eigenvalue weighted by Gasteiger charge is -2.23. The SMILES string of the molecule is [2H]C(Nc1cc(Cl)c2ncc(C#N)c(N[C@@H](CC#N)c3ccccc3)c2c1)(C1=CN(C2CC2)NN1)c1ccc(F)cc1. The fourth-order valence-electron chi connectivity index (χ4n) is 4.84. The summed E-state index contributed by atoms with van der Waals surface area (Å²) in [4.78, 5) is 4.44. The molecule has 1 fully saturated rings. The molecule has 1 unspecified atom stereocenters. The summed E-state index contributed by atoms with van der Waals surface area (Å²) in [6.45, 7) is 0. The Morgan fingerprint density at radius 3 is 2.59 bits per heavy atom. The van der Waals surface area contributed by atoms with Crippen LogP contribution in [0.15, 0.2) is 84.8 Å². The van der Waals surface area contributed by atoms with E-state index < -0.39 is 17.9 Å². The average Bonchev–Trinajstić information content (AvgIpc) is 3.73. The van der Waals surface area contributed by atoms with Gasteiger partial charge in [0.1, 0.15) is 11.9 Å². The van der Waals surface area contributed by atoms with Gasteiger partial charge in [-0.15, -0.1) is 5.53 Å². The number of benzene rings is 3. The van der Waals surface area contributed by atoms with Crippen LogP contribution in [0.5, 0.6) is 0 Å². The lowest BCUT2D eigenvalue weighted by Crippen LogP contribution is -2.38. The van der Waals surface area contributed by atoms with Crippen molar-refractivity contribution in [3.8, 4) is 12.1 Å². The first-order chi connectivity index (χ1) is 20.4. The van der Waals surface area contributed by atoms with Crippen LogP contribution in [0.25, 0.3) is 10.9 Å². The molecule has 2 aliphatic rings. The second kappa shape index (κ2) is 11.3. The molecule has 0 radical (unpaired) electrons. The maximum absolute atomic E-state index is 13.9. The number of halogens is 2. The Hall–Kier alpha value is -4.83. The van der Waals surface area contributed by atoms with Crippen LogP contribution in [0.1, 0.15) is 49.4 Å². The number of anilines is 2. The smallest absolute Gasteiger partial charge is 0.123 e. The summed E-state index contributed by atoms with van der Waals surface area (Å²) in [6, 6.07) is 21.5. The molecule has 0 amide bonds. The third-order valence-electron chi connectivity index (χ3n) is 7.06. The van der Waals surface area contributed by atoms with Crippen molar-refractivity contribution >= 4 is 33.9 Å². The number of hydrogen-bond donors (Lipinski definition) is 4. The van der Waals surface area contributed by atoms with Gasteiger partial charge in [-0.1, -0.05) is 54.1 Å². The van der Waals surface area contributed by atoms with E-state index in [9.17, 15) is 16.3 Å². The van der Waals surface area contributed by atoms with Crippen molar-refractivity contribution in [2.75, 3.05) is 10.6 Å². The predicted octanol–water partition coefficient (Wildman–Crippen LogP) is 6.45. The average molecular weight is 566 g/mol. The van der Waals surface area contributed by atoms with Gasteiger partial charge in [-0.2, -0.15) is 10.5 Å². The molecule has 0 saturated heterocycles. The second-order valence-corrected chi connectivity index (χ2v) is 10.3. The molecule has 10 heteroatoms. The fourth-order valence-corrected chi connectivity index (χ4v) is 5.10. The molecule has 1 aromatic heterocycles. The maximum Gasteiger partial charge on any atom is 0.123 e. The van der Waals surface area contributed by atoms with Crippen LogP contribution in [-0.4, -0.2) is 16.0 Å². The van der Waals surface area contributed by atoms with Crippen LogP contribution in [0.4, 0.5) is 15.8 Å². The molecular weight excluding hydrogens is 539 g/mol. The third kappa shape index (κ3) is 5.59. The molecule has 8 nitrogen and oxygen atoms in total. The summed E-state index contributed by atoms with van der Waals surface area (Å²) in [7, 11) is 0. The summed E-state index contributed by atoms with van der Waals surface area (Å²) in [5.41, 5.74) is 9.82. The van der Waals surface area contributed by atoms with Crippen LogP contribution >= 0.6 is 11.6 Å². The number of fused-ring (bicyclic) bond motifs is 1. The molecule has 0 spiro atoms. The highest BCUT2D eigenvalue weighted by Crippen LogP contribution is 2.38. The highest BCUT2D eigenvalue weighted by atomic mass is 35.5. The van der Waals surface area contributed by atoms with Gasteiger partial charge >= 0.3 is 0 Å². The summed E-state index contributed by atoms with van der Waals surface area (Å²) in [5, 5.41) is 29.0. The van der Waals surface area contributed by atoms with E-state index in [1.807, 2.05) is 41.5 Å². The number of aromatic nitrogens is 1. The van der Waals surface area contributed by atoms with Crippen molar-refractivity contribution in [2.45, 2.75) is 37.4 Å². The minimum atomic E-state index is -1.57. The molecule has 4 N–H and O–H groups in total. The quantitative estimate of drug-likeness (QED) is 0.183. The first kappa shape index (κ1) is 25.2. The molecule has 6 rings (SSSR count). The van der Waals surface area contributed by atoms with Gasteiger partial charge in [-0.05, 0) is 48.2 Å². The van der Waals surface area contributed by atoms with Crippen molar-refractivity contribution in [1.82, 2.24) is 21.0 Å². The summed E-state index contributed by atoms with van der Waals surface area (Å²) in [5.74, 6) is -0.405. The monoisotopic (exact) mass is 565 g/mol. The molecule has 1 saturated carbocycles. The fraction of sp³-hybridized carbons (Fsp3) is 0.194. The Labute approximate surface area is 243 Å². The Morgan fingerprint density at radius 2 is 1.88 bits per heavy atom. The van der Waals surface area contributed by atoms with Gasteiger partial charge < -0.3 is 16.1 Å². The first-order valence-electron chi connectivity index (χ1n) is 13.7. The number of hydrogen-bond acceptors (Lipinski definition) is 8. The maximum atomic E-state index is 13.9. The largest absolute Gasteiger partial charge is 0.376 e. The van der Waals surface area contributed by atoms with Crippen molar-refractivity contribution < 1.29 is 5.76 Å². The van der Waals surface area contributed by atoms with Crippen LogP contribution in [0.2, 0.25) is 5.02 Å². The Balaban J connectivity index is 1.45. The minimum Gasteiger partial charge on any atom is -0.376 e. The lowest BCUT2D eigenvalue weighted by molar-refractivity contribution is 0.260. The number of nitrogens with one attached hydrogen (secondary N) is 4. The second-order valence-electron chi connectivity index (χ2n) is 9.91. The topological polar surface area (TPSA) is 112 Å². The highest BCUT2D eigenvalue weighted by molar-refractivity contribution is 6.35. The zero-order valence-electron chi connectivity index (χ0n) is 22.8. The Bertz CT molecular complexity index is 1750. The van der Waals surface area contributed by atoms with Crippen molar-refractivity contribution in [1.29, 1.82) is 10.5 Å². The van der Waals surface area contributed by atoms with Gasteiger partial charge in [0, 0.05) is 29.5 Å². The van der Waals surface area contributed by atoms with Crippen LogP contribution in [-0.2, 0) is 0 Å². The number of nitriles is 2. The molecule has 204 valence electrons. The lowest BCUT2D eigenvalue weighted by atomic mass is 10.0. The molecule has 41 heavy (non-hydrogen) atoms. The summed E-state index contributed by atoms with van der Waals surface area (Å²) in [6.07, 6.45) is 5.56. The van der Waals surface area contributed by atoms with Crippen LogP contribution in [0, 0.1) is 28.5 Å². The number of nitrogens with zero attached hydrogens (tertiary/aromatic N) is 4. The van der Waals surface area contributed by atoms with Gasteiger partial charge in [0.25, 0.3) is 0 Å². The molecule has 0 bridgehead atoms. The zero-order chi connectivity index (χ0) is 29.3. The van der Waals surface area contributed by atoms with Crippen LogP contribution in [0.3, 0.4) is 0 Å². The van der Waals surface area contributed by atoms with Gasteiger partial charge in [0.2, 0.25) is 0 Å². The van der Waals surface area contributed by atoms with Gasteiger partial charge in [0.15, 0.2) is 0 Å². The summed E-state index contributed by atoms with van der Waals surface area (Å²) < 4.78 is 23.5. The predicted molar refractivity (Wildman–Crippen MR) is 156 cm³/mol. The highest BCUT2D eigenvalue weighted by Gasteiger charge is 2.32. The van der Waals surface area contributed by atoms with E-state index in [4.69, 9.17) is 11.6 Å². The summed E-state index contributed by atoms with van der Waals surface area (Å²) >= 11 is 6.75. The minimum absolute atomic E-state index is 0.162. The molecule has 2 atom stereocenters. The van der Waals surface area contributed by atoms with Crippen molar-refractivity contribution in [2.24, 2.45) is 0 Å². The van der Waals surface area contributed by atoms with E-state index in [1.54, 1.807) is 24.3 Å². The molecule has 1 aliphatic carbocycles. The normalized spacial score (nSPS) is 16.9. The number of pyridine rings is 1. The van der Waals surface area contributed by atoms with Gasteiger partial charge in [-0.3, -0.25) is 9.99 Å². The van der Waals surface area contributed by atoms with E-state index in [1.165, 1.54) is 18.3 Å². The molecular formula is C31H26ClFN8. The zero-order valence-corrected chi connectivity index (χ0v) is 22.6. The van der Waals surface area contributed by atoms with Crippen molar-refractivity contribution in [3.63, 3.8) is 0 Å². The van der Waals surface area contributed by atoms with E-state index in [0.717, 1.165) is 18.4 Å². The molecule has 2 heterocycles. The molecule has 3 aromatic carbocycles. The number of rotatable bonds is 9. The Morgan fingerprint density at radius 1 is 1.10 bits per heavy atom. The molecule has 4 aromatic rings. The number of hydrazine groups is 2. The van der Waals surface area contributed by atoms with E-state index in [2.05, 4.69) is 38.7 Å². The van der Waals surface area contributed by atoms with E-state index in [0.29, 0.717) is 44.6 Å². The third-order valence-corrected chi connectivity index (χ3v) is 7.35. The standard InChI is InChI=1S/C31H26ClFN8/c32-26-15-23(37-30(20-6-8-22(33)9-7-20)28-18-41(40-39-28)24-10-11-24)14-25-29(21(16-35)17-36-31(25)26)38-27(12-13-34)19-4-2-1-3-5-19/h1-9,14-15,17-18,24,27,30,37,39-40H,10-12H2,(H,36,38)/t27-,30?/m0/s1/i30D. The molecule has 1 aliphatic heterocycles. The van der Waals surface area contributed by atoms with Gasteiger partial charge in [-0.25, -0.2) is 4.39 Å². The van der Waals surface area contributed by atoms with Gasteiger partial charge in [0.05, 0.1) is 53.4 Å². The van der Waals surface area contributed by atoms with Crippen molar-refractivity contribution in [3.05, 3.63) is 112 Å². The van der Waals surface area contributed by atoms with E-state index >= 15 is 0 Å². The van der Waals surface area contributed by atoms with Crippen LogP contribution < -0.4 is 21.6 Å².